The van der Waals surface area contributed by atoms with Crippen LogP contribution in [0.1, 0.15) is 57.8 Å². The topological polar surface area (TPSA) is 60.9 Å². The van der Waals surface area contributed by atoms with Crippen molar-refractivity contribution in [1.82, 2.24) is 9.80 Å². The van der Waals surface area contributed by atoms with Crippen LogP contribution in [-0.4, -0.2) is 59.5 Å². The SMILES string of the molecule is O=C1CCCCCN1CC(=O)N1CCCC(CO)(CC2CC2)C1. The molecule has 23 heavy (non-hydrogen) atoms. The molecule has 2 amide bonds. The lowest BCUT2D eigenvalue weighted by molar-refractivity contribution is -0.143. The fraction of sp³-hybridized carbons (Fsp3) is 0.889. The molecule has 5 heteroatoms. The first-order chi connectivity index (χ1) is 11.1. The zero-order valence-electron chi connectivity index (χ0n) is 14.1. The van der Waals surface area contributed by atoms with Crippen molar-refractivity contribution >= 4 is 11.8 Å². The van der Waals surface area contributed by atoms with Crippen molar-refractivity contribution in [2.45, 2.75) is 57.8 Å². The first-order valence-electron chi connectivity index (χ1n) is 9.28. The van der Waals surface area contributed by atoms with Crippen LogP contribution in [0.2, 0.25) is 0 Å². The lowest BCUT2D eigenvalue weighted by Gasteiger charge is -2.42. The van der Waals surface area contributed by atoms with Crippen LogP contribution < -0.4 is 0 Å². The number of likely N-dealkylation sites (tertiary alicyclic amines) is 2. The van der Waals surface area contributed by atoms with Gasteiger partial charge in [-0.2, -0.15) is 0 Å². The van der Waals surface area contributed by atoms with Crippen LogP contribution in [0.15, 0.2) is 0 Å². The number of aliphatic hydroxyl groups excluding tert-OH is 1. The Balaban J connectivity index is 1.58. The quantitative estimate of drug-likeness (QED) is 0.839. The Morgan fingerprint density at radius 1 is 1.17 bits per heavy atom. The Labute approximate surface area is 139 Å². The summed E-state index contributed by atoms with van der Waals surface area (Å²) < 4.78 is 0. The van der Waals surface area contributed by atoms with Gasteiger partial charge in [0.25, 0.3) is 0 Å². The number of aliphatic hydroxyl groups is 1. The fourth-order valence-corrected chi connectivity index (χ4v) is 4.18. The molecular formula is C18H30N2O3. The third-order valence-electron chi connectivity index (χ3n) is 5.77. The summed E-state index contributed by atoms with van der Waals surface area (Å²) in [5, 5.41) is 9.92. The molecule has 1 unspecified atom stereocenters. The third kappa shape index (κ3) is 4.25. The van der Waals surface area contributed by atoms with Gasteiger partial charge in [0.05, 0.1) is 13.2 Å². The Morgan fingerprint density at radius 2 is 2.00 bits per heavy atom. The van der Waals surface area contributed by atoms with Crippen LogP contribution in [-0.2, 0) is 9.59 Å². The summed E-state index contributed by atoms with van der Waals surface area (Å²) in [6, 6.07) is 0. The molecule has 2 saturated heterocycles. The second-order valence-corrected chi connectivity index (χ2v) is 7.85. The van der Waals surface area contributed by atoms with E-state index in [1.807, 2.05) is 4.90 Å². The van der Waals surface area contributed by atoms with Gasteiger partial charge in [-0.25, -0.2) is 0 Å². The van der Waals surface area contributed by atoms with E-state index in [0.29, 0.717) is 19.5 Å². The number of rotatable bonds is 5. The molecule has 0 bridgehead atoms. The van der Waals surface area contributed by atoms with Gasteiger partial charge in [0.15, 0.2) is 0 Å². The van der Waals surface area contributed by atoms with Crippen LogP contribution in [0.5, 0.6) is 0 Å². The predicted octanol–water partition coefficient (Wildman–Crippen LogP) is 1.79. The molecule has 0 aromatic rings. The molecule has 2 aliphatic heterocycles. The molecule has 0 radical (unpaired) electrons. The number of nitrogens with zero attached hydrogens (tertiary/aromatic N) is 2. The molecule has 1 atom stereocenters. The summed E-state index contributed by atoms with van der Waals surface area (Å²) in [4.78, 5) is 28.4. The van der Waals surface area contributed by atoms with Gasteiger partial charge in [0, 0.05) is 31.5 Å². The maximum Gasteiger partial charge on any atom is 0.242 e. The molecule has 3 fully saturated rings. The third-order valence-corrected chi connectivity index (χ3v) is 5.77. The fourth-order valence-electron chi connectivity index (χ4n) is 4.18. The van der Waals surface area contributed by atoms with E-state index in [4.69, 9.17) is 0 Å². The van der Waals surface area contributed by atoms with Gasteiger partial charge in [-0.05, 0) is 38.0 Å². The monoisotopic (exact) mass is 322 g/mol. The van der Waals surface area contributed by atoms with Crippen molar-refractivity contribution < 1.29 is 14.7 Å². The van der Waals surface area contributed by atoms with Crippen molar-refractivity contribution in [1.29, 1.82) is 0 Å². The van der Waals surface area contributed by atoms with E-state index < -0.39 is 0 Å². The van der Waals surface area contributed by atoms with Crippen LogP contribution >= 0.6 is 0 Å². The number of amides is 2. The van der Waals surface area contributed by atoms with Crippen molar-refractivity contribution in [2.24, 2.45) is 11.3 Å². The summed E-state index contributed by atoms with van der Waals surface area (Å²) in [7, 11) is 0. The van der Waals surface area contributed by atoms with Gasteiger partial charge in [-0.1, -0.05) is 19.3 Å². The molecule has 1 saturated carbocycles. The van der Waals surface area contributed by atoms with E-state index >= 15 is 0 Å². The van der Waals surface area contributed by atoms with E-state index in [2.05, 4.69) is 0 Å². The number of hydrogen-bond donors (Lipinski definition) is 1. The number of carbonyl (C=O) groups excluding carboxylic acids is 2. The highest BCUT2D eigenvalue weighted by atomic mass is 16.3. The molecule has 5 nitrogen and oxygen atoms in total. The van der Waals surface area contributed by atoms with Crippen molar-refractivity contribution in [3.05, 3.63) is 0 Å². The van der Waals surface area contributed by atoms with Gasteiger partial charge >= 0.3 is 0 Å². The van der Waals surface area contributed by atoms with Crippen LogP contribution in [0, 0.1) is 11.3 Å². The minimum atomic E-state index is -0.0993. The smallest absolute Gasteiger partial charge is 0.242 e. The molecule has 1 N–H and O–H groups in total. The summed E-state index contributed by atoms with van der Waals surface area (Å²) in [5.74, 6) is 0.942. The standard InChI is InChI=1S/C18H30N2O3/c21-14-18(11-15-6-7-15)8-4-10-20(13-18)17(23)12-19-9-3-1-2-5-16(19)22/h15,21H,1-14H2. The highest BCUT2D eigenvalue weighted by Crippen LogP contribution is 2.44. The Bertz CT molecular complexity index is 450. The zero-order valence-corrected chi connectivity index (χ0v) is 14.1. The van der Waals surface area contributed by atoms with Crippen molar-refractivity contribution in [3.63, 3.8) is 0 Å². The highest BCUT2D eigenvalue weighted by molar-refractivity contribution is 5.85. The van der Waals surface area contributed by atoms with Crippen LogP contribution in [0.25, 0.3) is 0 Å². The molecule has 1 aliphatic carbocycles. The molecule has 0 aromatic carbocycles. The van der Waals surface area contributed by atoms with E-state index in [9.17, 15) is 14.7 Å². The summed E-state index contributed by atoms with van der Waals surface area (Å²) >= 11 is 0. The average molecular weight is 322 g/mol. The van der Waals surface area contributed by atoms with E-state index in [1.165, 1.54) is 12.8 Å². The number of carbonyl (C=O) groups is 2. The Morgan fingerprint density at radius 3 is 2.74 bits per heavy atom. The van der Waals surface area contributed by atoms with Crippen LogP contribution in [0.4, 0.5) is 0 Å². The van der Waals surface area contributed by atoms with E-state index in [-0.39, 0.29) is 30.4 Å². The highest BCUT2D eigenvalue weighted by Gasteiger charge is 2.41. The molecule has 2 heterocycles. The molecule has 0 aromatic heterocycles. The van der Waals surface area contributed by atoms with E-state index in [1.54, 1.807) is 4.90 Å². The van der Waals surface area contributed by atoms with Gasteiger partial charge in [0.2, 0.25) is 11.8 Å². The van der Waals surface area contributed by atoms with Gasteiger partial charge in [0.1, 0.15) is 0 Å². The zero-order chi connectivity index (χ0) is 16.3. The Kier molecular flexibility index (Phi) is 5.24. The summed E-state index contributed by atoms with van der Waals surface area (Å²) in [6.07, 6.45) is 9.19. The lowest BCUT2D eigenvalue weighted by Crippen LogP contribution is -2.51. The van der Waals surface area contributed by atoms with Gasteiger partial charge in [-0.15, -0.1) is 0 Å². The normalized spacial score (nSPS) is 29.5. The lowest BCUT2D eigenvalue weighted by atomic mass is 9.76. The minimum absolute atomic E-state index is 0.0635. The van der Waals surface area contributed by atoms with Gasteiger partial charge < -0.3 is 14.9 Å². The van der Waals surface area contributed by atoms with Crippen molar-refractivity contribution in [3.8, 4) is 0 Å². The summed E-state index contributed by atoms with van der Waals surface area (Å²) in [6.45, 7) is 2.56. The predicted molar refractivity (Wildman–Crippen MR) is 87.7 cm³/mol. The number of piperidine rings is 1. The van der Waals surface area contributed by atoms with Gasteiger partial charge in [-0.3, -0.25) is 9.59 Å². The van der Waals surface area contributed by atoms with Crippen molar-refractivity contribution in [2.75, 3.05) is 32.8 Å². The second-order valence-electron chi connectivity index (χ2n) is 7.85. The van der Waals surface area contributed by atoms with Crippen LogP contribution in [0.3, 0.4) is 0 Å². The maximum absolute atomic E-state index is 12.7. The van der Waals surface area contributed by atoms with E-state index in [0.717, 1.165) is 51.0 Å². The first-order valence-corrected chi connectivity index (χ1v) is 9.28. The average Bonchev–Trinajstić information content (AvgIpc) is 3.38. The maximum atomic E-state index is 12.7. The molecule has 3 aliphatic rings. The minimum Gasteiger partial charge on any atom is -0.396 e. The first kappa shape index (κ1) is 16.7. The largest absolute Gasteiger partial charge is 0.396 e. The summed E-state index contributed by atoms with van der Waals surface area (Å²) in [5.41, 5.74) is -0.0993. The number of hydrogen-bond acceptors (Lipinski definition) is 3. The molecule has 3 rings (SSSR count). The Hall–Kier alpha value is -1.10. The molecule has 130 valence electrons. The molecular weight excluding hydrogens is 292 g/mol. The molecule has 0 spiro atoms. The second kappa shape index (κ2) is 7.20.